The molecule has 1 unspecified atom stereocenters. The van der Waals surface area contributed by atoms with E-state index < -0.39 is 6.04 Å². The Morgan fingerprint density at radius 1 is 1.45 bits per heavy atom. The van der Waals surface area contributed by atoms with Gasteiger partial charge in [-0.15, -0.1) is 6.58 Å². The van der Waals surface area contributed by atoms with Gasteiger partial charge in [0.25, 0.3) is 0 Å². The van der Waals surface area contributed by atoms with Gasteiger partial charge in [0.15, 0.2) is 0 Å². The molecule has 1 N–H and O–H groups in total. The third kappa shape index (κ3) is 3.03. The lowest BCUT2D eigenvalue weighted by Crippen LogP contribution is -2.29. The zero-order valence-corrected chi connectivity index (χ0v) is 11.7. The maximum absolute atomic E-state index is 11.9. The molecule has 0 fully saturated rings. The molecule has 4 nitrogen and oxygen atoms in total. The van der Waals surface area contributed by atoms with Crippen LogP contribution in [-0.2, 0) is 9.53 Å². The summed E-state index contributed by atoms with van der Waals surface area (Å²) in [5.74, 6) is -0.314. The first-order valence-electron chi connectivity index (χ1n) is 6.45. The molecule has 1 aromatic heterocycles. The van der Waals surface area contributed by atoms with Crippen molar-refractivity contribution in [2.45, 2.75) is 13.0 Å². The maximum atomic E-state index is 11.9. The second kappa shape index (κ2) is 6.30. The number of fused-ring (bicyclic) bond motifs is 1. The summed E-state index contributed by atoms with van der Waals surface area (Å²) in [6.07, 6.45) is 1.71. The van der Waals surface area contributed by atoms with Crippen molar-refractivity contribution in [3.63, 3.8) is 0 Å². The highest BCUT2D eigenvalue weighted by atomic mass is 16.5. The van der Waals surface area contributed by atoms with E-state index in [9.17, 15) is 4.79 Å². The minimum absolute atomic E-state index is 0.314. The van der Waals surface area contributed by atoms with Crippen LogP contribution in [0.5, 0.6) is 0 Å². The van der Waals surface area contributed by atoms with Crippen LogP contribution in [-0.4, -0.2) is 24.6 Å². The van der Waals surface area contributed by atoms with Crippen LogP contribution in [0, 0.1) is 6.92 Å². The number of carbonyl (C=O) groups excluding carboxylic acids is 1. The van der Waals surface area contributed by atoms with Gasteiger partial charge in [0, 0.05) is 17.6 Å². The average molecular weight is 270 g/mol. The number of esters is 1. The number of nitrogens with one attached hydrogen (secondary N) is 1. The minimum Gasteiger partial charge on any atom is -0.468 e. The zero-order chi connectivity index (χ0) is 14.5. The van der Waals surface area contributed by atoms with Gasteiger partial charge in [-0.05, 0) is 30.7 Å². The van der Waals surface area contributed by atoms with Gasteiger partial charge in [0.1, 0.15) is 6.04 Å². The van der Waals surface area contributed by atoms with E-state index in [0.29, 0.717) is 6.54 Å². The molecule has 104 valence electrons. The van der Waals surface area contributed by atoms with Crippen LogP contribution in [0.4, 0.5) is 0 Å². The summed E-state index contributed by atoms with van der Waals surface area (Å²) in [6.45, 7) is 6.13. The fraction of sp³-hybridized carbons (Fsp3) is 0.250. The summed E-state index contributed by atoms with van der Waals surface area (Å²) in [6, 6.07) is 9.23. The molecule has 0 aliphatic rings. The first-order chi connectivity index (χ1) is 9.65. The summed E-state index contributed by atoms with van der Waals surface area (Å²) >= 11 is 0. The van der Waals surface area contributed by atoms with Crippen molar-refractivity contribution in [1.29, 1.82) is 0 Å². The molecule has 1 heterocycles. The monoisotopic (exact) mass is 270 g/mol. The highest BCUT2D eigenvalue weighted by Crippen LogP contribution is 2.20. The minimum atomic E-state index is -0.497. The van der Waals surface area contributed by atoms with Gasteiger partial charge in [-0.25, -0.2) is 4.79 Å². The van der Waals surface area contributed by atoms with Crippen molar-refractivity contribution in [3.8, 4) is 0 Å². The Labute approximate surface area is 118 Å². The molecule has 1 atom stereocenters. The number of aryl methyl sites for hydroxylation is 1. The third-order valence-electron chi connectivity index (χ3n) is 3.09. The number of hydrogen-bond acceptors (Lipinski definition) is 4. The normalized spacial score (nSPS) is 12.1. The number of hydrogen-bond donors (Lipinski definition) is 1. The van der Waals surface area contributed by atoms with Crippen LogP contribution >= 0.6 is 0 Å². The Balaban J connectivity index is 2.39. The van der Waals surface area contributed by atoms with Crippen LogP contribution in [0.2, 0.25) is 0 Å². The fourth-order valence-corrected chi connectivity index (χ4v) is 2.08. The number of rotatable bonds is 5. The van der Waals surface area contributed by atoms with Crippen molar-refractivity contribution >= 4 is 16.9 Å². The van der Waals surface area contributed by atoms with Gasteiger partial charge in [0.2, 0.25) is 0 Å². The maximum Gasteiger partial charge on any atom is 0.327 e. The molecule has 2 aromatic rings. The second-order valence-electron chi connectivity index (χ2n) is 4.56. The molecule has 0 bridgehead atoms. The molecule has 0 aliphatic carbocycles. The first-order valence-corrected chi connectivity index (χ1v) is 6.45. The lowest BCUT2D eigenvalue weighted by atomic mass is 10.0. The summed E-state index contributed by atoms with van der Waals surface area (Å²) in [4.78, 5) is 16.3. The first kappa shape index (κ1) is 14.2. The summed E-state index contributed by atoms with van der Waals surface area (Å²) < 4.78 is 4.84. The van der Waals surface area contributed by atoms with Crippen LogP contribution in [0.25, 0.3) is 10.9 Å². The van der Waals surface area contributed by atoms with Gasteiger partial charge in [-0.1, -0.05) is 18.2 Å². The second-order valence-corrected chi connectivity index (χ2v) is 4.56. The molecule has 0 aliphatic heterocycles. The van der Waals surface area contributed by atoms with Gasteiger partial charge in [0.05, 0.1) is 12.6 Å². The third-order valence-corrected chi connectivity index (χ3v) is 3.09. The molecule has 0 saturated carbocycles. The number of ether oxygens (including phenoxy) is 1. The van der Waals surface area contributed by atoms with Gasteiger partial charge in [-0.2, -0.15) is 0 Å². The number of methoxy groups -OCH3 is 1. The molecule has 0 spiro atoms. The Bertz CT molecular complexity index is 637. The number of aromatic nitrogens is 1. The Kier molecular flexibility index (Phi) is 4.48. The van der Waals surface area contributed by atoms with E-state index in [4.69, 9.17) is 4.74 Å². The van der Waals surface area contributed by atoms with Crippen LogP contribution < -0.4 is 5.32 Å². The number of pyridine rings is 1. The highest BCUT2D eigenvalue weighted by Gasteiger charge is 2.20. The molecule has 1 aromatic carbocycles. The van der Waals surface area contributed by atoms with Crippen molar-refractivity contribution in [2.75, 3.05) is 13.7 Å². The van der Waals surface area contributed by atoms with E-state index in [2.05, 4.69) is 16.9 Å². The predicted octanol–water partition coefficient (Wildman–Crippen LogP) is 2.53. The summed E-state index contributed by atoms with van der Waals surface area (Å²) in [5, 5.41) is 4.10. The molecular formula is C16H18N2O2. The smallest absolute Gasteiger partial charge is 0.327 e. The fourth-order valence-electron chi connectivity index (χ4n) is 2.08. The van der Waals surface area contributed by atoms with Gasteiger partial charge in [-0.3, -0.25) is 10.3 Å². The molecule has 2 rings (SSSR count). The average Bonchev–Trinajstić information content (AvgIpc) is 2.47. The predicted molar refractivity (Wildman–Crippen MR) is 79.4 cm³/mol. The lowest BCUT2D eigenvalue weighted by Gasteiger charge is -2.16. The van der Waals surface area contributed by atoms with Crippen LogP contribution in [0.3, 0.4) is 0 Å². The van der Waals surface area contributed by atoms with Crippen molar-refractivity contribution in [3.05, 3.63) is 54.2 Å². The van der Waals surface area contributed by atoms with E-state index in [0.717, 1.165) is 22.2 Å². The largest absolute Gasteiger partial charge is 0.468 e. The summed E-state index contributed by atoms with van der Waals surface area (Å²) in [5.41, 5.74) is 2.75. The van der Waals surface area contributed by atoms with Crippen molar-refractivity contribution in [1.82, 2.24) is 10.3 Å². The van der Waals surface area contributed by atoms with Crippen molar-refractivity contribution in [2.24, 2.45) is 0 Å². The van der Waals surface area contributed by atoms with E-state index in [1.54, 1.807) is 6.08 Å². The standard InChI is InChI=1S/C16H18N2O2/c1-4-9-17-15(16(19)20-3)13-7-8-14-12(10-13)6-5-11(2)18-14/h4-8,10,15,17H,1,9H2,2-3H3. The Hall–Kier alpha value is -2.20. The molecule has 0 amide bonds. The molecule has 20 heavy (non-hydrogen) atoms. The molecule has 4 heteroatoms. The Morgan fingerprint density at radius 3 is 2.95 bits per heavy atom. The number of benzene rings is 1. The lowest BCUT2D eigenvalue weighted by molar-refractivity contribution is -0.143. The summed E-state index contributed by atoms with van der Waals surface area (Å²) in [7, 11) is 1.39. The zero-order valence-electron chi connectivity index (χ0n) is 11.7. The molecule has 0 saturated heterocycles. The van der Waals surface area contributed by atoms with Gasteiger partial charge < -0.3 is 4.74 Å². The highest BCUT2D eigenvalue weighted by molar-refractivity contribution is 5.83. The number of carbonyl (C=O) groups is 1. The van der Waals surface area contributed by atoms with E-state index >= 15 is 0 Å². The quantitative estimate of drug-likeness (QED) is 0.670. The van der Waals surface area contributed by atoms with Crippen LogP contribution in [0.1, 0.15) is 17.3 Å². The SMILES string of the molecule is C=CCNC(C(=O)OC)c1ccc2nc(C)ccc2c1. The van der Waals surface area contributed by atoms with Crippen LogP contribution in [0.15, 0.2) is 43.0 Å². The van der Waals surface area contributed by atoms with Crippen molar-refractivity contribution < 1.29 is 9.53 Å². The number of nitrogens with zero attached hydrogens (tertiary/aromatic N) is 1. The van der Waals surface area contributed by atoms with E-state index in [1.807, 2.05) is 37.3 Å². The molecular weight excluding hydrogens is 252 g/mol. The Morgan fingerprint density at radius 2 is 2.25 bits per heavy atom. The topological polar surface area (TPSA) is 51.2 Å². The van der Waals surface area contributed by atoms with E-state index in [-0.39, 0.29) is 5.97 Å². The van der Waals surface area contributed by atoms with Gasteiger partial charge >= 0.3 is 5.97 Å². The van der Waals surface area contributed by atoms with E-state index in [1.165, 1.54) is 7.11 Å². The molecule has 0 radical (unpaired) electrons.